The number of sulfonamides is 1. The fourth-order valence-electron chi connectivity index (χ4n) is 2.13. The monoisotopic (exact) mass is 287 g/mol. The molecular weight excluding hydrogens is 270 g/mol. The van der Waals surface area contributed by atoms with Gasteiger partial charge in [0.2, 0.25) is 10.0 Å². The topological polar surface area (TPSA) is 92.5 Å². The molecule has 1 aromatic heterocycles. The summed E-state index contributed by atoms with van der Waals surface area (Å²) in [5.41, 5.74) is 0. The Morgan fingerprint density at radius 1 is 1.42 bits per heavy atom. The van der Waals surface area contributed by atoms with E-state index in [0.717, 1.165) is 4.68 Å². The molecule has 106 valence electrons. The molecule has 2 rings (SSSR count). The Bertz CT molecular complexity index is 571. The predicted molar refractivity (Wildman–Crippen MR) is 66.9 cm³/mol. The third kappa shape index (κ3) is 2.79. The number of aliphatic carboxylic acids is 1. The molecule has 0 spiro atoms. The van der Waals surface area contributed by atoms with Crippen LogP contribution in [0.15, 0.2) is 17.3 Å². The molecule has 1 saturated heterocycles. The summed E-state index contributed by atoms with van der Waals surface area (Å²) in [6.07, 6.45) is 2.46. The van der Waals surface area contributed by atoms with Crippen LogP contribution in [0.2, 0.25) is 0 Å². The van der Waals surface area contributed by atoms with Crippen LogP contribution >= 0.6 is 0 Å². The summed E-state index contributed by atoms with van der Waals surface area (Å²) in [6, 6.07) is 0. The first kappa shape index (κ1) is 14.0. The van der Waals surface area contributed by atoms with Gasteiger partial charge in [-0.1, -0.05) is 13.8 Å². The third-order valence-electron chi connectivity index (χ3n) is 3.50. The number of rotatable bonds is 4. The molecule has 1 aliphatic rings. The maximum Gasteiger partial charge on any atom is 0.325 e. The van der Waals surface area contributed by atoms with Crippen molar-refractivity contribution in [3.05, 3.63) is 12.4 Å². The molecule has 8 heteroatoms. The van der Waals surface area contributed by atoms with E-state index in [0.29, 0.717) is 24.9 Å². The summed E-state index contributed by atoms with van der Waals surface area (Å²) >= 11 is 0. The minimum atomic E-state index is -3.56. The van der Waals surface area contributed by atoms with Crippen molar-refractivity contribution in [2.75, 3.05) is 13.1 Å². The molecule has 7 nitrogen and oxygen atoms in total. The molecule has 1 aromatic rings. The normalized spacial score (nSPS) is 24.7. The van der Waals surface area contributed by atoms with E-state index in [9.17, 15) is 13.2 Å². The molecule has 19 heavy (non-hydrogen) atoms. The second kappa shape index (κ2) is 4.93. The minimum Gasteiger partial charge on any atom is -0.480 e. The van der Waals surface area contributed by atoms with E-state index in [1.807, 2.05) is 13.8 Å². The number of carboxylic acids is 1. The van der Waals surface area contributed by atoms with Gasteiger partial charge in [-0.15, -0.1) is 0 Å². The van der Waals surface area contributed by atoms with Gasteiger partial charge in [0.15, 0.2) is 0 Å². The van der Waals surface area contributed by atoms with Crippen molar-refractivity contribution < 1.29 is 18.3 Å². The molecular formula is C11H17N3O4S. The third-order valence-corrected chi connectivity index (χ3v) is 5.28. The molecule has 1 N–H and O–H groups in total. The van der Waals surface area contributed by atoms with Crippen LogP contribution in [0.3, 0.4) is 0 Å². The molecule has 2 atom stereocenters. The first-order valence-corrected chi connectivity index (χ1v) is 7.49. The molecule has 0 radical (unpaired) electrons. The van der Waals surface area contributed by atoms with E-state index < -0.39 is 16.0 Å². The van der Waals surface area contributed by atoms with Gasteiger partial charge in [-0.25, -0.2) is 8.42 Å². The maximum atomic E-state index is 12.3. The zero-order chi connectivity index (χ0) is 14.2. The standard InChI is InChI=1S/C11H17N3O4S/c1-8-4-14(5-9(8)2)19(17,18)10-3-12-13(6-10)7-11(15)16/h3,6,8-9H,4-5,7H2,1-2H3,(H,15,16). The highest BCUT2D eigenvalue weighted by molar-refractivity contribution is 7.89. The van der Waals surface area contributed by atoms with E-state index in [4.69, 9.17) is 5.11 Å². The maximum absolute atomic E-state index is 12.3. The van der Waals surface area contributed by atoms with Gasteiger partial charge in [-0.05, 0) is 11.8 Å². The number of aromatic nitrogens is 2. The molecule has 0 amide bonds. The lowest BCUT2D eigenvalue weighted by atomic mass is 10.0. The number of nitrogens with zero attached hydrogens (tertiary/aromatic N) is 3. The summed E-state index contributed by atoms with van der Waals surface area (Å²) in [4.78, 5) is 10.6. The number of hydrogen-bond acceptors (Lipinski definition) is 4. The van der Waals surface area contributed by atoms with Crippen molar-refractivity contribution in [1.29, 1.82) is 0 Å². The summed E-state index contributed by atoms with van der Waals surface area (Å²) in [7, 11) is -3.56. The molecule has 2 heterocycles. The molecule has 0 saturated carbocycles. The Hall–Kier alpha value is -1.41. The van der Waals surface area contributed by atoms with Crippen molar-refractivity contribution in [2.45, 2.75) is 25.3 Å². The predicted octanol–water partition coefficient (Wildman–Crippen LogP) is 0.244. The van der Waals surface area contributed by atoms with Crippen LogP contribution in [-0.2, 0) is 21.4 Å². The number of hydrogen-bond donors (Lipinski definition) is 1. The van der Waals surface area contributed by atoms with Crippen molar-refractivity contribution in [3.63, 3.8) is 0 Å². The Morgan fingerprint density at radius 3 is 2.53 bits per heavy atom. The zero-order valence-electron chi connectivity index (χ0n) is 10.9. The molecule has 1 fully saturated rings. The summed E-state index contributed by atoms with van der Waals surface area (Å²) < 4.78 is 27.2. The molecule has 0 aromatic carbocycles. The van der Waals surface area contributed by atoms with Gasteiger partial charge in [0, 0.05) is 19.3 Å². The smallest absolute Gasteiger partial charge is 0.325 e. The first-order chi connectivity index (χ1) is 8.80. The molecule has 2 unspecified atom stereocenters. The lowest BCUT2D eigenvalue weighted by Crippen LogP contribution is -2.28. The Morgan fingerprint density at radius 2 is 2.00 bits per heavy atom. The lowest BCUT2D eigenvalue weighted by molar-refractivity contribution is -0.137. The summed E-state index contributed by atoms with van der Waals surface area (Å²) in [5, 5.41) is 12.4. The first-order valence-electron chi connectivity index (χ1n) is 6.05. The second-order valence-electron chi connectivity index (χ2n) is 5.04. The van der Waals surface area contributed by atoms with Crippen LogP contribution in [0.1, 0.15) is 13.8 Å². The molecule has 0 bridgehead atoms. The van der Waals surface area contributed by atoms with E-state index in [-0.39, 0.29) is 11.4 Å². The Kier molecular flexibility index (Phi) is 3.64. The summed E-state index contributed by atoms with van der Waals surface area (Å²) in [5.74, 6) is -0.414. The van der Waals surface area contributed by atoms with Gasteiger partial charge < -0.3 is 5.11 Å². The van der Waals surface area contributed by atoms with Gasteiger partial charge in [-0.3, -0.25) is 9.48 Å². The van der Waals surface area contributed by atoms with Crippen molar-refractivity contribution in [2.24, 2.45) is 11.8 Å². The van der Waals surface area contributed by atoms with Crippen molar-refractivity contribution >= 4 is 16.0 Å². The largest absolute Gasteiger partial charge is 0.480 e. The molecule has 0 aliphatic carbocycles. The van der Waals surface area contributed by atoms with E-state index in [1.54, 1.807) is 0 Å². The van der Waals surface area contributed by atoms with Crippen molar-refractivity contribution in [1.82, 2.24) is 14.1 Å². The minimum absolute atomic E-state index is 0.0510. The van der Waals surface area contributed by atoms with Crippen LogP contribution < -0.4 is 0 Å². The van der Waals surface area contributed by atoms with Crippen LogP contribution in [0.25, 0.3) is 0 Å². The van der Waals surface area contributed by atoms with Gasteiger partial charge in [-0.2, -0.15) is 9.40 Å². The quantitative estimate of drug-likeness (QED) is 0.856. The van der Waals surface area contributed by atoms with Gasteiger partial charge in [0.05, 0.1) is 6.20 Å². The highest BCUT2D eigenvalue weighted by Crippen LogP contribution is 2.27. The zero-order valence-corrected chi connectivity index (χ0v) is 11.7. The fraction of sp³-hybridized carbons (Fsp3) is 0.636. The van der Waals surface area contributed by atoms with Gasteiger partial charge in [0.1, 0.15) is 11.4 Å². The van der Waals surface area contributed by atoms with Crippen molar-refractivity contribution in [3.8, 4) is 0 Å². The van der Waals surface area contributed by atoms with E-state index >= 15 is 0 Å². The summed E-state index contributed by atoms with van der Waals surface area (Å²) in [6.45, 7) is 4.69. The fourth-order valence-corrected chi connectivity index (χ4v) is 3.72. The van der Waals surface area contributed by atoms with Gasteiger partial charge in [0.25, 0.3) is 0 Å². The lowest BCUT2D eigenvalue weighted by Gasteiger charge is -2.14. The van der Waals surface area contributed by atoms with Crippen LogP contribution in [0.5, 0.6) is 0 Å². The Labute approximate surface area is 111 Å². The van der Waals surface area contributed by atoms with Crippen LogP contribution in [-0.4, -0.2) is 46.7 Å². The average molecular weight is 287 g/mol. The second-order valence-corrected chi connectivity index (χ2v) is 6.98. The Balaban J connectivity index is 2.20. The van der Waals surface area contributed by atoms with E-state index in [2.05, 4.69) is 5.10 Å². The highest BCUT2D eigenvalue weighted by Gasteiger charge is 2.35. The van der Waals surface area contributed by atoms with E-state index in [1.165, 1.54) is 16.7 Å². The number of carboxylic acid groups (broad SMARTS) is 1. The van der Waals surface area contributed by atoms with Crippen LogP contribution in [0, 0.1) is 11.8 Å². The number of carbonyl (C=O) groups is 1. The van der Waals surface area contributed by atoms with Gasteiger partial charge >= 0.3 is 5.97 Å². The molecule has 1 aliphatic heterocycles. The average Bonchev–Trinajstić information content (AvgIpc) is 2.87. The van der Waals surface area contributed by atoms with Crippen LogP contribution in [0.4, 0.5) is 0 Å². The SMILES string of the molecule is CC1CN(S(=O)(=O)c2cnn(CC(=O)O)c2)CC1C. The highest BCUT2D eigenvalue weighted by atomic mass is 32.2.